The third kappa shape index (κ3) is 7.48. The molecule has 0 aliphatic carbocycles. The van der Waals surface area contributed by atoms with Gasteiger partial charge < -0.3 is 35.2 Å². The highest BCUT2D eigenvalue weighted by molar-refractivity contribution is 7.66. The molecule has 2 heterocycles. The largest absolute Gasteiger partial charge is 0.490 e. The zero-order valence-corrected chi connectivity index (χ0v) is 17.7. The van der Waals surface area contributed by atoms with Crippen molar-refractivity contribution in [3.63, 3.8) is 0 Å². The van der Waals surface area contributed by atoms with Crippen LogP contribution in [0.5, 0.6) is 0 Å². The quantitative estimate of drug-likeness (QED) is 0.112. The van der Waals surface area contributed by atoms with Crippen LogP contribution in [0.4, 0.5) is 0 Å². The van der Waals surface area contributed by atoms with Crippen LogP contribution in [0.3, 0.4) is 0 Å². The third-order valence-electron chi connectivity index (χ3n) is 3.51. The maximum Gasteiger partial charge on any atom is 0.490 e. The Labute approximate surface area is 171 Å². The van der Waals surface area contributed by atoms with Crippen molar-refractivity contribution in [3.05, 3.63) is 32.6 Å². The first-order valence-corrected chi connectivity index (χ1v) is 12.3. The van der Waals surface area contributed by atoms with Gasteiger partial charge in [-0.1, -0.05) is 0 Å². The molecule has 0 radical (unpaired) electrons. The van der Waals surface area contributed by atoms with Crippen LogP contribution < -0.4 is 17.0 Å². The van der Waals surface area contributed by atoms with Crippen LogP contribution >= 0.6 is 23.5 Å². The molecule has 0 amide bonds. The standard InChI is InChI=1S/C11H16N3O14P3/c12-2-1-6-4-14(11(17)13-10(6)16)9-3-7(15)8(26-9)5-25-30(21,22)28-31(23,24)27-29(18,19)20/h4,7-9,15H,3,5,12H2,(H,21,22)(H,23,24)(H,13,16,17)(H2,18,19,20)/t7-,8+,9+/m0/s1. The fourth-order valence-corrected chi connectivity index (χ4v) is 5.40. The molecule has 8 N–H and O–H groups in total. The Morgan fingerprint density at radius 1 is 1.19 bits per heavy atom. The second kappa shape index (κ2) is 9.47. The number of aromatic amines is 1. The van der Waals surface area contributed by atoms with E-state index in [1.165, 1.54) is 0 Å². The molecular weight excluding hydrogens is 491 g/mol. The Morgan fingerprint density at radius 2 is 1.84 bits per heavy atom. The topological polar surface area (TPSA) is 270 Å². The van der Waals surface area contributed by atoms with Crippen molar-refractivity contribution < 1.29 is 56.3 Å². The molecule has 1 aliphatic rings. The van der Waals surface area contributed by atoms with Crippen LogP contribution in [0.1, 0.15) is 18.2 Å². The Hall–Kier alpha value is -1.63. The summed E-state index contributed by atoms with van der Waals surface area (Å²) >= 11 is 0. The van der Waals surface area contributed by atoms with Gasteiger partial charge in [0.05, 0.1) is 12.7 Å². The number of H-pyrrole nitrogens is 1. The van der Waals surface area contributed by atoms with Gasteiger partial charge in [-0.15, -0.1) is 0 Å². The Morgan fingerprint density at radius 3 is 2.42 bits per heavy atom. The number of phosphoric acid groups is 3. The summed E-state index contributed by atoms with van der Waals surface area (Å²) in [5.74, 6) is 2.25. The molecule has 1 aliphatic heterocycles. The molecular formula is C11H16N3O14P3. The lowest BCUT2D eigenvalue weighted by molar-refractivity contribution is -0.0450. The number of rotatable bonds is 8. The van der Waals surface area contributed by atoms with Gasteiger partial charge in [-0.25, -0.2) is 18.5 Å². The number of hydrogen-bond acceptors (Lipinski definition) is 11. The molecule has 0 spiro atoms. The lowest BCUT2D eigenvalue weighted by atomic mass is 10.2. The minimum atomic E-state index is -5.70. The van der Waals surface area contributed by atoms with Gasteiger partial charge in [0.1, 0.15) is 17.9 Å². The van der Waals surface area contributed by atoms with Gasteiger partial charge in [-0.2, -0.15) is 8.62 Å². The number of aliphatic hydroxyl groups excluding tert-OH is 1. The molecule has 1 aromatic heterocycles. The van der Waals surface area contributed by atoms with E-state index in [1.54, 1.807) is 0 Å². The van der Waals surface area contributed by atoms with E-state index >= 15 is 0 Å². The van der Waals surface area contributed by atoms with Gasteiger partial charge >= 0.3 is 29.2 Å². The summed E-state index contributed by atoms with van der Waals surface area (Å²) in [6, 6.07) is 1.98. The smallest absolute Gasteiger partial charge is 0.390 e. The van der Waals surface area contributed by atoms with E-state index in [4.69, 9.17) is 25.2 Å². The lowest BCUT2D eigenvalue weighted by Crippen LogP contribution is -2.33. The molecule has 5 atom stereocenters. The normalized spacial score (nSPS) is 25.3. The van der Waals surface area contributed by atoms with Gasteiger partial charge in [-0.3, -0.25) is 18.9 Å². The first kappa shape index (κ1) is 25.6. The summed E-state index contributed by atoms with van der Waals surface area (Å²) in [5.41, 5.74) is 3.11. The highest BCUT2D eigenvalue weighted by Gasteiger charge is 2.43. The molecule has 0 aromatic carbocycles. The summed E-state index contributed by atoms with van der Waals surface area (Å²) in [5, 5.41) is 10.0. The van der Waals surface area contributed by atoms with Crippen LogP contribution in [-0.4, -0.2) is 53.0 Å². The first-order chi connectivity index (χ1) is 14.1. The van der Waals surface area contributed by atoms with Crippen molar-refractivity contribution in [1.29, 1.82) is 0 Å². The second-order valence-electron chi connectivity index (χ2n) is 5.80. The molecule has 1 fully saturated rings. The summed E-state index contributed by atoms with van der Waals surface area (Å²) < 4.78 is 51.3. The van der Waals surface area contributed by atoms with Crippen molar-refractivity contribution in [1.82, 2.24) is 9.55 Å². The fraction of sp³-hybridized carbons (Fsp3) is 0.455. The van der Waals surface area contributed by atoms with Crippen LogP contribution in [0, 0.1) is 12.0 Å². The molecule has 1 saturated heterocycles. The third-order valence-corrected chi connectivity index (χ3v) is 7.31. The summed E-state index contributed by atoms with van der Waals surface area (Å²) in [7, 11) is -16.7. The van der Waals surface area contributed by atoms with Crippen LogP contribution in [0.15, 0.2) is 15.8 Å². The number of nitrogens with zero attached hydrogens (tertiary/aromatic N) is 1. The first-order valence-electron chi connectivity index (χ1n) is 7.81. The van der Waals surface area contributed by atoms with E-state index in [9.17, 15) is 33.3 Å². The van der Waals surface area contributed by atoms with Gasteiger partial charge in [0.2, 0.25) is 0 Å². The molecule has 17 nitrogen and oxygen atoms in total. The maximum atomic E-state index is 12.0. The highest BCUT2D eigenvalue weighted by atomic mass is 31.3. The number of ether oxygens (including phenoxy) is 1. The van der Waals surface area contributed by atoms with Crippen molar-refractivity contribution >= 4 is 23.5 Å². The zero-order valence-electron chi connectivity index (χ0n) is 15.0. The molecule has 31 heavy (non-hydrogen) atoms. The fourth-order valence-electron chi connectivity index (χ4n) is 2.37. The number of aliphatic hydroxyl groups is 1. The van der Waals surface area contributed by atoms with Crippen molar-refractivity contribution in [2.24, 2.45) is 5.73 Å². The zero-order chi connectivity index (χ0) is 23.6. The summed E-state index contributed by atoms with van der Waals surface area (Å²) in [6.07, 6.45) is -3.14. The monoisotopic (exact) mass is 507 g/mol. The van der Waals surface area contributed by atoms with Gasteiger partial charge in [0.25, 0.3) is 5.56 Å². The molecule has 174 valence electrons. The number of nitrogens with one attached hydrogen (secondary N) is 1. The Bertz CT molecular complexity index is 1140. The number of nitrogens with two attached hydrogens (primary N) is 1. The minimum absolute atomic E-state index is 0.183. The lowest BCUT2D eigenvalue weighted by Gasteiger charge is -2.19. The van der Waals surface area contributed by atoms with Crippen LogP contribution in [0.2, 0.25) is 0 Å². The highest BCUT2D eigenvalue weighted by Crippen LogP contribution is 2.66. The van der Waals surface area contributed by atoms with E-state index in [0.29, 0.717) is 0 Å². The van der Waals surface area contributed by atoms with E-state index < -0.39 is 59.8 Å². The number of aromatic nitrogens is 2. The van der Waals surface area contributed by atoms with E-state index in [1.807, 2.05) is 11.0 Å². The van der Waals surface area contributed by atoms with Gasteiger partial charge in [0, 0.05) is 18.7 Å². The average Bonchev–Trinajstić information content (AvgIpc) is 2.93. The van der Waals surface area contributed by atoms with E-state index in [0.717, 1.165) is 10.8 Å². The Balaban J connectivity index is 2.08. The van der Waals surface area contributed by atoms with Crippen LogP contribution in [-0.2, 0) is 31.6 Å². The predicted octanol–water partition coefficient (Wildman–Crippen LogP) is -2.20. The average molecular weight is 507 g/mol. The summed E-state index contributed by atoms with van der Waals surface area (Å²) in [4.78, 5) is 61.0. The van der Waals surface area contributed by atoms with Gasteiger partial charge in [0.15, 0.2) is 0 Å². The molecule has 0 bridgehead atoms. The molecule has 2 unspecified atom stereocenters. The SMILES string of the molecule is NC#Cc1cn([C@H]2C[C@H](O)[C@@H](COP(=O)(O)OP(=O)(O)OP(=O)(O)O)O2)c(=O)[nH]c1=O. The van der Waals surface area contributed by atoms with Crippen molar-refractivity contribution in [3.8, 4) is 12.0 Å². The van der Waals surface area contributed by atoms with E-state index in [2.05, 4.69) is 19.1 Å². The minimum Gasteiger partial charge on any atom is -0.390 e. The molecule has 0 saturated carbocycles. The molecule has 2 rings (SSSR count). The summed E-state index contributed by atoms with van der Waals surface area (Å²) in [6.45, 7) is -0.922. The number of phosphoric ester groups is 1. The van der Waals surface area contributed by atoms with Crippen LogP contribution in [0.25, 0.3) is 0 Å². The molecule has 20 heteroatoms. The molecule has 1 aromatic rings. The predicted molar refractivity (Wildman–Crippen MR) is 96.7 cm³/mol. The van der Waals surface area contributed by atoms with Gasteiger partial charge in [-0.05, 0) is 5.92 Å². The second-order valence-corrected chi connectivity index (χ2v) is 10.2. The van der Waals surface area contributed by atoms with Crippen molar-refractivity contribution in [2.45, 2.75) is 24.9 Å². The Kier molecular flexibility index (Phi) is 7.83. The van der Waals surface area contributed by atoms with Crippen molar-refractivity contribution in [2.75, 3.05) is 6.61 Å². The van der Waals surface area contributed by atoms with E-state index in [-0.39, 0.29) is 12.0 Å². The maximum absolute atomic E-state index is 12.0. The number of hydrogen-bond donors (Lipinski definition) is 7.